The molecule has 2 aromatic rings. The van der Waals surface area contributed by atoms with E-state index in [2.05, 4.69) is 31.8 Å². The molecule has 1 atom stereocenters. The van der Waals surface area contributed by atoms with Gasteiger partial charge >= 0.3 is 0 Å². The number of hydrogen-bond donors (Lipinski definition) is 2. The molecule has 0 aliphatic heterocycles. The summed E-state index contributed by atoms with van der Waals surface area (Å²) in [5.41, 5.74) is 4.22. The number of ether oxygens (including phenoxy) is 2. The van der Waals surface area contributed by atoms with E-state index in [1.165, 1.54) is 0 Å². The van der Waals surface area contributed by atoms with Crippen molar-refractivity contribution >= 4 is 33.7 Å². The Balaban J connectivity index is 1.98. The molecule has 0 bridgehead atoms. The van der Waals surface area contributed by atoms with Crippen molar-refractivity contribution in [1.29, 1.82) is 0 Å². The molecule has 1 amide bonds. The summed E-state index contributed by atoms with van der Waals surface area (Å²) in [4.78, 5) is 12.3. The second-order valence-electron chi connectivity index (χ2n) is 5.46. The average molecular weight is 420 g/mol. The van der Waals surface area contributed by atoms with Crippen LogP contribution >= 0.6 is 15.9 Å². The van der Waals surface area contributed by atoms with Gasteiger partial charge in [-0.3, -0.25) is 4.79 Å². The Bertz CT molecular complexity index is 780. The molecule has 0 fully saturated rings. The quantitative estimate of drug-likeness (QED) is 0.503. The molecule has 0 aromatic heterocycles. The highest BCUT2D eigenvalue weighted by molar-refractivity contribution is 9.10. The molecule has 0 saturated heterocycles. The number of amides is 1. The number of halogens is 1. The molecular formula is C19H22BrN3O3. The maximum absolute atomic E-state index is 12.3. The highest BCUT2D eigenvalue weighted by atomic mass is 79.9. The fourth-order valence-electron chi connectivity index (χ4n) is 2.31. The molecule has 0 aliphatic rings. The number of nitrogens with zero attached hydrogens (tertiary/aromatic N) is 1. The predicted octanol–water partition coefficient (Wildman–Crippen LogP) is 3.81. The maximum Gasteiger partial charge on any atom is 0.262 e. The number of hydrogen-bond acceptors (Lipinski definition) is 5. The Morgan fingerprint density at radius 3 is 2.62 bits per heavy atom. The van der Waals surface area contributed by atoms with Gasteiger partial charge in [0.25, 0.3) is 5.91 Å². The van der Waals surface area contributed by atoms with Crippen LogP contribution in [0, 0.1) is 0 Å². The lowest BCUT2D eigenvalue weighted by molar-refractivity contribution is -0.121. The van der Waals surface area contributed by atoms with Crippen LogP contribution in [0.1, 0.15) is 18.9 Å². The van der Waals surface area contributed by atoms with Gasteiger partial charge in [0.1, 0.15) is 6.04 Å². The number of carbonyl (C=O) groups is 1. The molecule has 6 nitrogen and oxygen atoms in total. The second-order valence-corrected chi connectivity index (χ2v) is 6.38. The fraction of sp³-hybridized carbons (Fsp3) is 0.263. The van der Waals surface area contributed by atoms with Crippen molar-refractivity contribution < 1.29 is 14.3 Å². The summed E-state index contributed by atoms with van der Waals surface area (Å²) < 4.78 is 11.4. The number of rotatable bonds is 8. The molecular weight excluding hydrogens is 398 g/mol. The van der Waals surface area contributed by atoms with Crippen molar-refractivity contribution in [3.05, 3.63) is 52.5 Å². The predicted molar refractivity (Wildman–Crippen MR) is 107 cm³/mol. The third-order valence-corrected chi connectivity index (χ3v) is 4.18. The monoisotopic (exact) mass is 419 g/mol. The van der Waals surface area contributed by atoms with Crippen LogP contribution < -0.4 is 20.2 Å². The van der Waals surface area contributed by atoms with E-state index >= 15 is 0 Å². The first kappa shape index (κ1) is 19.8. The van der Waals surface area contributed by atoms with Gasteiger partial charge in [-0.05, 0) is 48.4 Å². The number of carbonyl (C=O) groups excluding carboxylic acids is 1. The van der Waals surface area contributed by atoms with Gasteiger partial charge in [-0.2, -0.15) is 5.10 Å². The van der Waals surface area contributed by atoms with Crippen molar-refractivity contribution in [2.45, 2.75) is 19.4 Å². The highest BCUT2D eigenvalue weighted by Gasteiger charge is 2.15. The Hall–Kier alpha value is -2.54. The number of methoxy groups -OCH3 is 2. The van der Waals surface area contributed by atoms with Crippen molar-refractivity contribution in [1.82, 2.24) is 5.43 Å². The summed E-state index contributed by atoms with van der Waals surface area (Å²) in [5, 5.41) is 7.23. The Morgan fingerprint density at radius 1 is 1.19 bits per heavy atom. The number of hydrazone groups is 1. The van der Waals surface area contributed by atoms with Gasteiger partial charge in [-0.15, -0.1) is 0 Å². The highest BCUT2D eigenvalue weighted by Crippen LogP contribution is 2.26. The van der Waals surface area contributed by atoms with Gasteiger partial charge in [0.15, 0.2) is 11.5 Å². The van der Waals surface area contributed by atoms with E-state index in [0.717, 1.165) is 15.7 Å². The van der Waals surface area contributed by atoms with Crippen LogP contribution in [-0.4, -0.2) is 32.4 Å². The van der Waals surface area contributed by atoms with E-state index in [4.69, 9.17) is 9.47 Å². The number of benzene rings is 2. The lowest BCUT2D eigenvalue weighted by Gasteiger charge is -2.16. The third kappa shape index (κ3) is 5.49. The fourth-order valence-corrected chi connectivity index (χ4v) is 2.71. The molecule has 2 rings (SSSR count). The molecule has 0 radical (unpaired) electrons. The lowest BCUT2D eigenvalue weighted by Crippen LogP contribution is -2.36. The first-order valence-corrected chi connectivity index (χ1v) is 8.93. The van der Waals surface area contributed by atoms with Gasteiger partial charge in [-0.25, -0.2) is 5.43 Å². The van der Waals surface area contributed by atoms with Gasteiger partial charge in [0, 0.05) is 10.2 Å². The second kappa shape index (κ2) is 9.82. The minimum absolute atomic E-state index is 0.204. The summed E-state index contributed by atoms with van der Waals surface area (Å²) in [5.74, 6) is 1.03. The van der Waals surface area contributed by atoms with E-state index < -0.39 is 0 Å². The first-order valence-electron chi connectivity index (χ1n) is 8.14. The third-order valence-electron chi connectivity index (χ3n) is 3.69. The van der Waals surface area contributed by atoms with E-state index in [1.54, 1.807) is 32.6 Å². The molecule has 7 heteroatoms. The topological polar surface area (TPSA) is 72.0 Å². The summed E-state index contributed by atoms with van der Waals surface area (Å²) >= 11 is 3.42. The van der Waals surface area contributed by atoms with Gasteiger partial charge in [0.2, 0.25) is 0 Å². The van der Waals surface area contributed by atoms with Gasteiger partial charge in [0.05, 0.1) is 20.4 Å². The smallest absolute Gasteiger partial charge is 0.262 e. The molecule has 0 saturated carbocycles. The van der Waals surface area contributed by atoms with Crippen LogP contribution in [-0.2, 0) is 4.79 Å². The molecule has 0 heterocycles. The van der Waals surface area contributed by atoms with Crippen molar-refractivity contribution in [2.24, 2.45) is 5.10 Å². The Kier molecular flexibility index (Phi) is 7.47. The lowest BCUT2D eigenvalue weighted by atomic mass is 10.2. The molecule has 0 aliphatic carbocycles. The van der Waals surface area contributed by atoms with Gasteiger partial charge < -0.3 is 14.8 Å². The first-order chi connectivity index (χ1) is 12.6. The minimum atomic E-state index is -0.383. The average Bonchev–Trinajstić information content (AvgIpc) is 2.65. The number of anilines is 1. The largest absolute Gasteiger partial charge is 0.493 e. The van der Waals surface area contributed by atoms with Gasteiger partial charge in [-0.1, -0.05) is 28.9 Å². The molecule has 2 N–H and O–H groups in total. The molecule has 2 aromatic carbocycles. The van der Waals surface area contributed by atoms with E-state index in [-0.39, 0.29) is 11.9 Å². The zero-order valence-electron chi connectivity index (χ0n) is 15.0. The SMILES string of the molecule is CCC(Nc1cccc(Br)c1)C(=O)N/N=C/c1ccc(OC)c(OC)c1. The summed E-state index contributed by atoms with van der Waals surface area (Å²) in [7, 11) is 3.15. The van der Waals surface area contributed by atoms with E-state index in [0.29, 0.717) is 17.9 Å². The standard InChI is InChI=1S/C19H22BrN3O3/c1-4-16(22-15-7-5-6-14(20)11-15)19(24)23-21-12-13-8-9-17(25-2)18(10-13)26-3/h5-12,16,22H,4H2,1-3H3,(H,23,24)/b21-12+. The summed E-state index contributed by atoms with van der Waals surface area (Å²) in [6, 6.07) is 12.7. The zero-order valence-corrected chi connectivity index (χ0v) is 16.5. The number of nitrogens with one attached hydrogen (secondary N) is 2. The van der Waals surface area contributed by atoms with Crippen LogP contribution in [0.3, 0.4) is 0 Å². The molecule has 1 unspecified atom stereocenters. The normalized spacial score (nSPS) is 11.8. The summed E-state index contributed by atoms with van der Waals surface area (Å²) in [6.45, 7) is 1.94. The Morgan fingerprint density at radius 2 is 1.96 bits per heavy atom. The van der Waals surface area contributed by atoms with Crippen LogP contribution in [0.2, 0.25) is 0 Å². The minimum Gasteiger partial charge on any atom is -0.493 e. The maximum atomic E-state index is 12.3. The van der Waals surface area contributed by atoms with Crippen LogP contribution in [0.15, 0.2) is 52.0 Å². The molecule has 138 valence electrons. The van der Waals surface area contributed by atoms with Crippen molar-refractivity contribution in [2.75, 3.05) is 19.5 Å². The van der Waals surface area contributed by atoms with Crippen LogP contribution in [0.25, 0.3) is 0 Å². The van der Waals surface area contributed by atoms with Crippen LogP contribution in [0.4, 0.5) is 5.69 Å². The Labute approximate surface area is 161 Å². The zero-order chi connectivity index (χ0) is 18.9. The van der Waals surface area contributed by atoms with Crippen LogP contribution in [0.5, 0.6) is 11.5 Å². The summed E-state index contributed by atoms with van der Waals surface area (Å²) in [6.07, 6.45) is 2.19. The molecule has 0 spiro atoms. The van der Waals surface area contributed by atoms with E-state index in [1.807, 2.05) is 37.3 Å². The van der Waals surface area contributed by atoms with Crippen molar-refractivity contribution in [3.63, 3.8) is 0 Å². The van der Waals surface area contributed by atoms with Crippen molar-refractivity contribution in [3.8, 4) is 11.5 Å². The van der Waals surface area contributed by atoms with E-state index in [9.17, 15) is 4.79 Å². The molecule has 26 heavy (non-hydrogen) atoms.